The predicted molar refractivity (Wildman–Crippen MR) is 503 cm³/mol. The minimum atomic E-state index is -1.91. The number of carbonyl (C=O) groups excluding carboxylic acids is 23. The Labute approximate surface area is 804 Å². The quantitative estimate of drug-likeness (QED) is 0.0270. The summed E-state index contributed by atoms with van der Waals surface area (Å²) < 4.78 is 0. The molecule has 1 heterocycles. The van der Waals surface area contributed by atoms with Gasteiger partial charge in [0.1, 0.15) is 105 Å². The number of likely N-dealkylation sites (tertiary alicyclic amines) is 1. The smallest absolute Gasteiger partial charge is 0.248 e. The Balaban J connectivity index is 2.18. The van der Waals surface area contributed by atoms with Crippen molar-refractivity contribution >= 4 is 136 Å². The van der Waals surface area contributed by atoms with E-state index in [1.165, 1.54) is 143 Å². The zero-order valence-electron chi connectivity index (χ0n) is 83.8. The van der Waals surface area contributed by atoms with Crippen molar-refractivity contribution in [2.24, 2.45) is 34.8 Å². The molecule has 28 N–H and O–H groups in total. The standard InChI is InChI=1S/C90H150N24O24/c1-46(2)63(73(129)112-89(21,22)81(137)113-88(19,20)79(135)103-56(36-39-60(93)118)69(125)102-55(35-38-59(92)117)68(124)99-53(45-115)43-52-31-26-25-27-32-52)104-72(128)58-34-30-42-114(58)82(138)90(23,24)110-70(126)54(33-28-29-41-91)100-62(120)44-95-75(131)83(9,10)111-74(130)64(47(3)4)105-80(136)87(17,18)109-71(127)57(37-40-61(94)119)101-65(121)48(5)96-77(133)85(13,14)107-67(123)50(7)98-78(134)86(15,16)108-66(122)49(6)97-76(132)84(11,12)106-51(8)116/h25-27,31-32,46-50,53-58,63-64,115H,28-30,33-45,91H2,1-24H3,(H2,92,117)(H2,93,118)(H2,94,119)(H,95,131)(H,96,133)(H,97,132)(H,98,134)(H,99,124)(H,100,120)(H,101,121)(H,102,125)(H,103,135)(H,104,128)(H,105,136)(H,106,116)(H,107,123)(H,108,122)(H,109,127)(H,110,126)(H,111,130)(H,112,129)(H,113,137)/t48-,49-,50-,53-,54?,55-,56-,57-,58-,63-,64-/m0/s1. The van der Waals surface area contributed by atoms with Crippen LogP contribution in [-0.2, 0) is 117 Å². The van der Waals surface area contributed by atoms with Crippen molar-refractivity contribution in [2.45, 2.75) is 354 Å². The second-order valence-electron chi connectivity index (χ2n) is 39.6. The number of nitrogens with two attached hydrogens (primary N) is 4. The monoisotopic (exact) mass is 1950 g/mol. The molecule has 11 atom stereocenters. The zero-order chi connectivity index (χ0) is 106. The number of primary amides is 3. The summed E-state index contributed by atoms with van der Waals surface area (Å²) in [5, 5.41) is 58.0. The van der Waals surface area contributed by atoms with Gasteiger partial charge in [0.2, 0.25) is 136 Å². The molecule has 0 bridgehead atoms. The summed E-state index contributed by atoms with van der Waals surface area (Å²) in [6.07, 6.45) is -1.18. The fourth-order valence-corrected chi connectivity index (χ4v) is 13.7. The fourth-order valence-electron chi connectivity index (χ4n) is 13.7. The highest BCUT2D eigenvalue weighted by Gasteiger charge is 2.48. The van der Waals surface area contributed by atoms with Crippen LogP contribution in [0.4, 0.5) is 0 Å². The Morgan fingerprint density at radius 3 is 1.17 bits per heavy atom. The molecular weight excluding hydrogens is 1800 g/mol. The van der Waals surface area contributed by atoms with Gasteiger partial charge in [0.15, 0.2) is 0 Å². The summed E-state index contributed by atoms with van der Waals surface area (Å²) >= 11 is 0. The lowest BCUT2D eigenvalue weighted by atomic mass is 9.96. The lowest BCUT2D eigenvalue weighted by molar-refractivity contribution is -0.146. The second kappa shape index (κ2) is 52.5. The Kier molecular flexibility index (Phi) is 46.0. The summed E-state index contributed by atoms with van der Waals surface area (Å²) in [5.74, 6) is -21.3. The number of aliphatic hydroxyl groups is 1. The zero-order valence-corrected chi connectivity index (χ0v) is 83.8. The summed E-state index contributed by atoms with van der Waals surface area (Å²) in [5.41, 5.74) is 8.65. The molecule has 0 radical (unpaired) electrons. The molecule has 0 aromatic heterocycles. The van der Waals surface area contributed by atoms with Gasteiger partial charge in [-0.15, -0.1) is 0 Å². The van der Waals surface area contributed by atoms with Crippen molar-refractivity contribution in [3.05, 3.63) is 35.9 Å². The highest BCUT2D eigenvalue weighted by Crippen LogP contribution is 2.25. The molecule has 774 valence electrons. The average Bonchev–Trinajstić information content (AvgIpc) is 1.67. The molecule has 1 aromatic carbocycles. The topological polar surface area (TPSA) is 749 Å². The normalized spacial score (nSPS) is 15.2. The lowest BCUT2D eigenvalue weighted by Crippen LogP contribution is -2.66. The summed E-state index contributed by atoms with van der Waals surface area (Å²) in [7, 11) is 0. The van der Waals surface area contributed by atoms with Crippen LogP contribution in [0.25, 0.3) is 0 Å². The van der Waals surface area contributed by atoms with Crippen LogP contribution in [0.15, 0.2) is 30.3 Å². The number of nitrogens with one attached hydrogen (secondary N) is 19. The maximum absolute atomic E-state index is 14.6. The molecule has 23 amide bonds. The van der Waals surface area contributed by atoms with Gasteiger partial charge in [0.25, 0.3) is 0 Å². The number of benzene rings is 1. The number of nitrogens with zero attached hydrogens (tertiary/aromatic N) is 1. The van der Waals surface area contributed by atoms with Crippen molar-refractivity contribution in [2.75, 3.05) is 26.2 Å². The van der Waals surface area contributed by atoms with E-state index in [9.17, 15) is 115 Å². The Hall–Kier alpha value is -13.1. The number of aliphatic hydroxyl groups excluding tert-OH is 1. The van der Waals surface area contributed by atoms with Crippen molar-refractivity contribution in [3.63, 3.8) is 0 Å². The van der Waals surface area contributed by atoms with E-state index in [1.807, 2.05) is 0 Å². The van der Waals surface area contributed by atoms with Gasteiger partial charge >= 0.3 is 0 Å². The molecule has 138 heavy (non-hydrogen) atoms. The van der Waals surface area contributed by atoms with Crippen LogP contribution in [0, 0.1) is 11.8 Å². The molecule has 1 aliphatic rings. The third kappa shape index (κ3) is 39.2. The van der Waals surface area contributed by atoms with Crippen molar-refractivity contribution in [1.29, 1.82) is 0 Å². The maximum Gasteiger partial charge on any atom is 0.248 e. The molecule has 1 saturated heterocycles. The first-order chi connectivity index (χ1) is 63.3. The average molecular weight is 1950 g/mol. The Morgan fingerprint density at radius 2 is 0.732 bits per heavy atom. The number of hydrogen-bond donors (Lipinski definition) is 24. The number of amides is 23. The molecular formula is C90H150N24O24. The van der Waals surface area contributed by atoms with Gasteiger partial charge in [0.05, 0.1) is 19.2 Å². The number of hydrogen-bond acceptors (Lipinski definition) is 25. The second-order valence-corrected chi connectivity index (χ2v) is 39.6. The van der Waals surface area contributed by atoms with Crippen molar-refractivity contribution in [3.8, 4) is 0 Å². The molecule has 1 aromatic rings. The third-order valence-electron chi connectivity index (χ3n) is 22.4. The van der Waals surface area contributed by atoms with Crippen molar-refractivity contribution in [1.82, 2.24) is 106 Å². The van der Waals surface area contributed by atoms with E-state index >= 15 is 0 Å². The summed E-state index contributed by atoms with van der Waals surface area (Å²) in [4.78, 5) is 312. The highest BCUT2D eigenvalue weighted by molar-refractivity contribution is 6.04. The summed E-state index contributed by atoms with van der Waals surface area (Å²) in [6.45, 7) is 31.3. The molecule has 1 fully saturated rings. The van der Waals surface area contributed by atoms with E-state index in [0.29, 0.717) is 12.8 Å². The van der Waals surface area contributed by atoms with Gasteiger partial charge in [-0.25, -0.2) is 0 Å². The number of carbonyl (C=O) groups is 23. The van der Waals surface area contributed by atoms with Gasteiger partial charge in [0, 0.05) is 32.7 Å². The molecule has 48 heteroatoms. The van der Waals surface area contributed by atoms with Gasteiger partial charge in [-0.2, -0.15) is 0 Å². The van der Waals surface area contributed by atoms with E-state index in [2.05, 4.69) is 101 Å². The van der Waals surface area contributed by atoms with Gasteiger partial charge < -0.3 is 134 Å². The highest BCUT2D eigenvalue weighted by atomic mass is 16.3. The van der Waals surface area contributed by atoms with Crippen LogP contribution in [-0.4, -0.2) is 283 Å². The van der Waals surface area contributed by atoms with Crippen LogP contribution in [0.1, 0.15) is 242 Å². The molecule has 48 nitrogen and oxygen atoms in total. The predicted octanol–water partition coefficient (Wildman–Crippen LogP) is -6.35. The third-order valence-corrected chi connectivity index (χ3v) is 22.4. The SMILES string of the molecule is CC(=O)NC(C)(C)C(=O)N[C@@H](C)C(=O)NC(C)(C)C(=O)N[C@@H](C)C(=O)NC(C)(C)C(=O)N[C@@H](C)C(=O)N[C@@H](CCC(N)=O)C(=O)NC(C)(C)C(=O)N[C@H](C(=O)NC(C)(C)C(=O)NCC(=O)NC(CCCCN)C(=O)NC(C)(C)C(=O)N1CCC[C@H]1C(=O)N[C@H](C(=O)NC(C)(C)C(=O)NC(C)(C)C(=O)N[C@@H](CCC(N)=O)C(=O)N[C@@H](CCC(N)=O)C(=O)N[C@H](CO)Cc1ccccc1)C(C)C)C(C)C. The van der Waals surface area contributed by atoms with E-state index in [1.54, 1.807) is 58.0 Å². The first kappa shape index (κ1) is 121. The molecule has 2 rings (SSSR count). The van der Waals surface area contributed by atoms with Gasteiger partial charge in [-0.05, 0) is 213 Å². The molecule has 0 aliphatic carbocycles. The van der Waals surface area contributed by atoms with Crippen molar-refractivity contribution < 1.29 is 115 Å². The van der Waals surface area contributed by atoms with E-state index in [-0.39, 0.29) is 51.6 Å². The van der Waals surface area contributed by atoms with E-state index in [4.69, 9.17) is 22.9 Å². The number of unbranched alkanes of at least 4 members (excludes halogenated alkanes) is 1. The Bertz CT molecular complexity index is 4610. The minimum absolute atomic E-state index is 0.0185. The van der Waals surface area contributed by atoms with Gasteiger partial charge in [-0.3, -0.25) is 110 Å². The van der Waals surface area contributed by atoms with Crippen LogP contribution in [0.3, 0.4) is 0 Å². The van der Waals surface area contributed by atoms with Gasteiger partial charge in [-0.1, -0.05) is 58.0 Å². The van der Waals surface area contributed by atoms with E-state index < -0.39 is 297 Å². The molecule has 1 unspecified atom stereocenters. The number of rotatable bonds is 56. The molecule has 1 aliphatic heterocycles. The van der Waals surface area contributed by atoms with Crippen LogP contribution < -0.4 is 124 Å². The van der Waals surface area contributed by atoms with Crippen LogP contribution >= 0.6 is 0 Å². The minimum Gasteiger partial charge on any atom is -0.394 e. The first-order valence-corrected chi connectivity index (χ1v) is 45.7. The lowest BCUT2D eigenvalue weighted by Gasteiger charge is -2.36. The van der Waals surface area contributed by atoms with E-state index in [0.717, 1.165) is 5.56 Å². The fraction of sp³-hybridized carbons (Fsp3) is 0.678. The largest absolute Gasteiger partial charge is 0.394 e. The van der Waals surface area contributed by atoms with Crippen LogP contribution in [0.5, 0.6) is 0 Å². The first-order valence-electron chi connectivity index (χ1n) is 45.7. The van der Waals surface area contributed by atoms with Crippen LogP contribution in [0.2, 0.25) is 0 Å². The maximum atomic E-state index is 14.6. The molecule has 0 spiro atoms. The molecule has 0 saturated carbocycles. The summed E-state index contributed by atoms with van der Waals surface area (Å²) in [6, 6.07) is -5.93. The Morgan fingerprint density at radius 1 is 0.377 bits per heavy atom.